The molecule has 0 aromatic heterocycles. The van der Waals surface area contributed by atoms with Crippen LogP contribution in [0.15, 0.2) is 11.8 Å². The van der Waals surface area contributed by atoms with Crippen LogP contribution >= 0.6 is 0 Å². The molecule has 0 bridgehead atoms. The third-order valence-corrected chi connectivity index (χ3v) is 5.15. The summed E-state index contributed by atoms with van der Waals surface area (Å²) < 4.78 is 5.69. The van der Waals surface area contributed by atoms with Gasteiger partial charge in [-0.3, -0.25) is 4.79 Å². The lowest BCUT2D eigenvalue weighted by Crippen LogP contribution is -2.22. The highest BCUT2D eigenvalue weighted by Gasteiger charge is 2.26. The van der Waals surface area contributed by atoms with E-state index in [9.17, 15) is 4.79 Å². The molecule has 1 rings (SSSR count). The zero-order valence-corrected chi connectivity index (χ0v) is 11.0. The summed E-state index contributed by atoms with van der Waals surface area (Å²) in [5, 5.41) is 0.268. The van der Waals surface area contributed by atoms with Gasteiger partial charge < -0.3 is 4.43 Å². The third kappa shape index (κ3) is 2.71. The molecule has 0 spiro atoms. The molecular weight excluding hydrogens is 192 g/mol. The molecule has 0 amide bonds. The molecule has 0 saturated heterocycles. The summed E-state index contributed by atoms with van der Waals surface area (Å²) in [5.41, 5.74) is 0. The number of carbonyl (C=O) groups excluding carboxylic acids is 1. The minimum absolute atomic E-state index is 0.192. The molecule has 0 saturated carbocycles. The van der Waals surface area contributed by atoms with Crippen LogP contribution in [0.4, 0.5) is 0 Å². The Morgan fingerprint density at radius 2 is 2.14 bits per heavy atom. The van der Waals surface area contributed by atoms with E-state index in [0.29, 0.717) is 18.1 Å². The fourth-order valence-electron chi connectivity index (χ4n) is 1.14. The van der Waals surface area contributed by atoms with Crippen molar-refractivity contribution in [1.82, 2.24) is 0 Å². The molecule has 2 nitrogen and oxygen atoms in total. The monoisotopic (exact) mass is 212 g/mol. The van der Waals surface area contributed by atoms with E-state index in [1.807, 2.05) is 6.08 Å². The average molecular weight is 212 g/mol. The van der Waals surface area contributed by atoms with E-state index in [1.165, 1.54) is 0 Å². The highest BCUT2D eigenvalue weighted by atomic mass is 28.2. The Bertz CT molecular complexity index is 254. The Kier molecular flexibility index (Phi) is 3.53. The van der Waals surface area contributed by atoms with Crippen LogP contribution in [0.3, 0.4) is 0 Å². The predicted octanol–water partition coefficient (Wildman–Crippen LogP) is 2.19. The summed E-state index contributed by atoms with van der Waals surface area (Å²) in [6, 6.07) is 0. The summed E-state index contributed by atoms with van der Waals surface area (Å²) in [7, 11) is -0.659. The topological polar surface area (TPSA) is 26.3 Å². The highest BCUT2D eigenvalue weighted by molar-refractivity contribution is 6.33. The average Bonchev–Trinajstić information content (AvgIpc) is 2.47. The zero-order valence-electron chi connectivity index (χ0n) is 9.59. The lowest BCUT2D eigenvalue weighted by molar-refractivity contribution is -0.116. The first-order valence-corrected chi connectivity index (χ1v) is 6.58. The van der Waals surface area contributed by atoms with Crippen molar-refractivity contribution in [2.24, 2.45) is 5.92 Å². The Morgan fingerprint density at radius 1 is 1.50 bits per heavy atom. The summed E-state index contributed by atoms with van der Waals surface area (Å²) >= 11 is 0. The van der Waals surface area contributed by atoms with Crippen molar-refractivity contribution in [2.75, 3.05) is 0 Å². The van der Waals surface area contributed by atoms with Crippen LogP contribution in [0.25, 0.3) is 0 Å². The van der Waals surface area contributed by atoms with Crippen LogP contribution in [0, 0.1) is 5.92 Å². The molecule has 1 aliphatic rings. The van der Waals surface area contributed by atoms with Crippen LogP contribution in [0.2, 0.25) is 5.04 Å². The van der Waals surface area contributed by atoms with Gasteiger partial charge in [0.2, 0.25) is 9.76 Å². The van der Waals surface area contributed by atoms with Crippen LogP contribution < -0.4 is 0 Å². The Balaban J connectivity index is 2.44. The molecule has 80 valence electrons. The number of rotatable bonds is 4. The predicted molar refractivity (Wildman–Crippen MR) is 60.8 cm³/mol. The van der Waals surface area contributed by atoms with Crippen LogP contribution in [0.1, 0.15) is 40.5 Å². The molecule has 0 heterocycles. The van der Waals surface area contributed by atoms with Gasteiger partial charge in [-0.2, -0.15) is 0 Å². The van der Waals surface area contributed by atoms with E-state index in [0.717, 1.165) is 6.42 Å². The molecule has 0 aliphatic heterocycles. The smallest absolute Gasteiger partial charge is 0.225 e. The molecule has 0 unspecified atom stereocenters. The molecule has 14 heavy (non-hydrogen) atoms. The minimum atomic E-state index is -0.659. The van der Waals surface area contributed by atoms with Crippen molar-refractivity contribution in [3.8, 4) is 0 Å². The van der Waals surface area contributed by atoms with Gasteiger partial charge in [-0.1, -0.05) is 27.7 Å². The first-order valence-electron chi connectivity index (χ1n) is 5.29. The molecule has 1 aliphatic carbocycles. The highest BCUT2D eigenvalue weighted by Crippen LogP contribution is 2.33. The van der Waals surface area contributed by atoms with Crippen molar-refractivity contribution in [3.63, 3.8) is 0 Å². The van der Waals surface area contributed by atoms with Crippen LogP contribution in [-0.2, 0) is 9.22 Å². The van der Waals surface area contributed by atoms with Crippen molar-refractivity contribution >= 4 is 15.5 Å². The van der Waals surface area contributed by atoms with Gasteiger partial charge in [-0.25, -0.2) is 0 Å². The first kappa shape index (κ1) is 11.5. The van der Waals surface area contributed by atoms with Crippen LogP contribution in [-0.4, -0.2) is 15.5 Å². The summed E-state index contributed by atoms with van der Waals surface area (Å²) in [4.78, 5) is 11.3. The van der Waals surface area contributed by atoms with E-state index in [1.54, 1.807) is 0 Å². The van der Waals surface area contributed by atoms with E-state index in [2.05, 4.69) is 27.7 Å². The van der Waals surface area contributed by atoms with Gasteiger partial charge in [-0.15, -0.1) is 0 Å². The fourth-order valence-corrected chi connectivity index (χ4v) is 2.28. The Labute approximate surface area is 88.7 Å². The van der Waals surface area contributed by atoms with E-state index in [-0.39, 0.29) is 10.8 Å². The van der Waals surface area contributed by atoms with Crippen molar-refractivity contribution < 1.29 is 9.22 Å². The second-order valence-electron chi connectivity index (χ2n) is 4.96. The number of hydrogen-bond donors (Lipinski definition) is 0. The summed E-state index contributed by atoms with van der Waals surface area (Å²) in [6.45, 7) is 8.87. The number of Topliss-reactive ketones (excluding diaryl/α,β-unsaturated/α-hetero) is 1. The number of hydrogen-bond acceptors (Lipinski definition) is 2. The van der Waals surface area contributed by atoms with Gasteiger partial charge >= 0.3 is 0 Å². The van der Waals surface area contributed by atoms with Gasteiger partial charge in [0.15, 0.2) is 5.78 Å². The maximum absolute atomic E-state index is 11.3. The van der Waals surface area contributed by atoms with Gasteiger partial charge in [0.05, 0.1) is 0 Å². The van der Waals surface area contributed by atoms with Crippen LogP contribution in [0.5, 0.6) is 0 Å². The van der Waals surface area contributed by atoms with Gasteiger partial charge in [0, 0.05) is 6.42 Å². The van der Waals surface area contributed by atoms with E-state index >= 15 is 0 Å². The fraction of sp³-hybridized carbons (Fsp3) is 0.727. The molecule has 0 aromatic carbocycles. The molecule has 0 aromatic rings. The van der Waals surface area contributed by atoms with Crippen molar-refractivity contribution in [1.29, 1.82) is 0 Å². The SMILES string of the molecule is CC(C)C(C)(C)[SiH2]OC1=CCCC1=O. The maximum Gasteiger partial charge on any atom is 0.225 e. The largest absolute Gasteiger partial charge is 0.547 e. The summed E-state index contributed by atoms with van der Waals surface area (Å²) in [6.07, 6.45) is 3.45. The maximum atomic E-state index is 11.3. The van der Waals surface area contributed by atoms with Crippen molar-refractivity contribution in [3.05, 3.63) is 11.8 Å². The van der Waals surface area contributed by atoms with E-state index < -0.39 is 9.76 Å². The zero-order chi connectivity index (χ0) is 10.8. The minimum Gasteiger partial charge on any atom is -0.547 e. The molecule has 0 atom stereocenters. The third-order valence-electron chi connectivity index (χ3n) is 3.14. The lowest BCUT2D eigenvalue weighted by Gasteiger charge is -2.28. The summed E-state index contributed by atoms with van der Waals surface area (Å²) in [5.74, 6) is 1.45. The quantitative estimate of drug-likeness (QED) is 0.668. The standard InChI is InChI=1S/C11H20O2Si/c1-8(2)11(3,4)14-13-10-7-5-6-9(10)12/h7-8H,5-6,14H2,1-4H3. The lowest BCUT2D eigenvalue weighted by atomic mass is 9.99. The first-order chi connectivity index (χ1) is 6.43. The second kappa shape index (κ2) is 4.30. The van der Waals surface area contributed by atoms with Gasteiger partial charge in [0.1, 0.15) is 5.76 Å². The van der Waals surface area contributed by atoms with Crippen molar-refractivity contribution in [2.45, 2.75) is 45.6 Å². The molecule has 3 heteroatoms. The van der Waals surface area contributed by atoms with Gasteiger partial charge in [-0.05, 0) is 23.5 Å². The number of allylic oxidation sites excluding steroid dienone is 2. The number of carbonyl (C=O) groups is 1. The normalized spacial score (nSPS) is 18.4. The molecule has 0 N–H and O–H groups in total. The van der Waals surface area contributed by atoms with E-state index in [4.69, 9.17) is 4.43 Å². The molecular formula is C11H20O2Si. The number of ketones is 1. The second-order valence-corrected chi connectivity index (χ2v) is 7.36. The Morgan fingerprint density at radius 3 is 2.57 bits per heavy atom. The van der Waals surface area contributed by atoms with Gasteiger partial charge in [0.25, 0.3) is 0 Å². The molecule has 0 radical (unpaired) electrons. The molecule has 0 fully saturated rings. The Hall–Kier alpha value is -0.573.